The molecule has 2 unspecified atom stereocenters. The lowest BCUT2D eigenvalue weighted by atomic mass is 9.97. The van der Waals surface area contributed by atoms with E-state index in [-0.39, 0.29) is 30.0 Å². The Balaban J connectivity index is 1.99. The molecule has 39 heavy (non-hydrogen) atoms. The van der Waals surface area contributed by atoms with Gasteiger partial charge in [0.05, 0.1) is 0 Å². The lowest BCUT2D eigenvalue weighted by Crippen LogP contribution is -2.54. The second-order valence-corrected chi connectivity index (χ2v) is 11.3. The van der Waals surface area contributed by atoms with Crippen LogP contribution in [0.25, 0.3) is 0 Å². The second kappa shape index (κ2) is 13.5. The Hall–Kier alpha value is -3.55. The van der Waals surface area contributed by atoms with Crippen LogP contribution in [-0.2, 0) is 20.7 Å². The number of aromatic hydroxyl groups is 1. The fourth-order valence-corrected chi connectivity index (χ4v) is 4.55. The van der Waals surface area contributed by atoms with Gasteiger partial charge in [-0.05, 0) is 58.1 Å². The lowest BCUT2D eigenvalue weighted by molar-refractivity contribution is -0.143. The average Bonchev–Trinajstić information content (AvgIpc) is 3.71. The summed E-state index contributed by atoms with van der Waals surface area (Å²) in [6, 6.07) is 12.5. The summed E-state index contributed by atoms with van der Waals surface area (Å²) in [7, 11) is 0. The molecule has 8 heteroatoms. The molecule has 1 aliphatic carbocycles. The minimum Gasteiger partial charge on any atom is -0.507 e. The predicted octanol–water partition coefficient (Wildman–Crippen LogP) is 5.18. The lowest BCUT2D eigenvalue weighted by Gasteiger charge is -2.35. The molecule has 2 atom stereocenters. The highest BCUT2D eigenvalue weighted by atomic mass is 16.6. The zero-order valence-electron chi connectivity index (χ0n) is 23.8. The molecule has 0 heterocycles. The maximum absolute atomic E-state index is 14.3. The van der Waals surface area contributed by atoms with Crippen LogP contribution < -0.4 is 10.6 Å². The fraction of sp³-hybridized carbons (Fsp3) is 0.516. The number of rotatable bonds is 12. The molecule has 2 aromatic carbocycles. The third kappa shape index (κ3) is 8.73. The van der Waals surface area contributed by atoms with Crippen molar-refractivity contribution in [3.05, 3.63) is 65.2 Å². The van der Waals surface area contributed by atoms with Crippen molar-refractivity contribution in [1.82, 2.24) is 15.5 Å². The summed E-state index contributed by atoms with van der Waals surface area (Å²) < 4.78 is 5.48. The number of amides is 3. The third-order valence-electron chi connectivity index (χ3n) is 6.64. The summed E-state index contributed by atoms with van der Waals surface area (Å²) in [6.45, 7) is 9.61. The predicted molar refractivity (Wildman–Crippen MR) is 151 cm³/mol. The van der Waals surface area contributed by atoms with Crippen molar-refractivity contribution in [3.8, 4) is 5.75 Å². The molecular weight excluding hydrogens is 494 g/mol. The molecule has 1 aliphatic rings. The molecule has 2 aromatic rings. The number of hydrogen-bond donors (Lipinski definition) is 3. The van der Waals surface area contributed by atoms with Gasteiger partial charge in [-0.1, -0.05) is 68.3 Å². The normalized spacial score (nSPS) is 14.7. The van der Waals surface area contributed by atoms with E-state index in [1.807, 2.05) is 30.3 Å². The molecular formula is C31H43N3O5. The first-order chi connectivity index (χ1) is 18.5. The number of para-hydroxylation sites is 1. The highest BCUT2D eigenvalue weighted by molar-refractivity contribution is 5.93. The number of unbranched alkanes of at least 4 members (excludes halogenated alkanes) is 2. The van der Waals surface area contributed by atoms with Crippen LogP contribution in [-0.4, -0.2) is 52.1 Å². The maximum atomic E-state index is 14.3. The Morgan fingerprint density at radius 1 is 1.05 bits per heavy atom. The van der Waals surface area contributed by atoms with E-state index in [4.69, 9.17) is 4.74 Å². The molecule has 0 radical (unpaired) electrons. The number of carbonyl (C=O) groups is 3. The SMILES string of the molecule is CCCCCNC(=O)C(c1cccc(C)c1O)N(C(=O)C(Cc1ccccc1)NC(=O)OC(C)(C)C)C1CC1. The van der Waals surface area contributed by atoms with Crippen LogP contribution in [0.1, 0.15) is 82.5 Å². The van der Waals surface area contributed by atoms with Crippen molar-refractivity contribution in [1.29, 1.82) is 0 Å². The molecule has 0 aliphatic heterocycles. The van der Waals surface area contributed by atoms with E-state index < -0.39 is 23.8 Å². The molecule has 3 rings (SSSR count). The first-order valence-electron chi connectivity index (χ1n) is 13.9. The zero-order chi connectivity index (χ0) is 28.6. The molecule has 0 bridgehead atoms. The number of benzene rings is 2. The van der Waals surface area contributed by atoms with Crippen LogP contribution >= 0.6 is 0 Å². The highest BCUT2D eigenvalue weighted by Gasteiger charge is 2.45. The van der Waals surface area contributed by atoms with E-state index in [1.54, 1.807) is 50.8 Å². The second-order valence-electron chi connectivity index (χ2n) is 11.3. The summed E-state index contributed by atoms with van der Waals surface area (Å²) in [5, 5.41) is 16.8. The fourth-order valence-electron chi connectivity index (χ4n) is 4.55. The first kappa shape index (κ1) is 30.0. The Morgan fingerprint density at radius 2 is 1.74 bits per heavy atom. The minimum atomic E-state index is -1.04. The number of carbonyl (C=O) groups excluding carboxylic acids is 3. The molecule has 1 saturated carbocycles. The van der Waals surface area contributed by atoms with E-state index >= 15 is 0 Å². The zero-order valence-corrected chi connectivity index (χ0v) is 23.8. The van der Waals surface area contributed by atoms with Crippen molar-refractivity contribution in [2.45, 2.75) is 96.9 Å². The van der Waals surface area contributed by atoms with Crippen molar-refractivity contribution < 1.29 is 24.2 Å². The summed E-state index contributed by atoms with van der Waals surface area (Å²) in [4.78, 5) is 42.4. The van der Waals surface area contributed by atoms with Crippen LogP contribution in [0.15, 0.2) is 48.5 Å². The number of aryl methyl sites for hydroxylation is 1. The van der Waals surface area contributed by atoms with Gasteiger partial charge in [0.2, 0.25) is 11.8 Å². The van der Waals surface area contributed by atoms with Gasteiger partial charge in [-0.25, -0.2) is 4.79 Å². The van der Waals surface area contributed by atoms with Crippen molar-refractivity contribution in [2.24, 2.45) is 0 Å². The van der Waals surface area contributed by atoms with Gasteiger partial charge in [0.1, 0.15) is 23.4 Å². The van der Waals surface area contributed by atoms with Crippen molar-refractivity contribution in [3.63, 3.8) is 0 Å². The maximum Gasteiger partial charge on any atom is 0.408 e. The summed E-state index contributed by atoms with van der Waals surface area (Å²) >= 11 is 0. The van der Waals surface area contributed by atoms with Crippen LogP contribution in [0.2, 0.25) is 0 Å². The highest BCUT2D eigenvalue weighted by Crippen LogP contribution is 2.39. The molecule has 3 N–H and O–H groups in total. The number of ether oxygens (including phenoxy) is 1. The monoisotopic (exact) mass is 537 g/mol. The van der Waals surface area contributed by atoms with E-state index in [1.165, 1.54) is 0 Å². The van der Waals surface area contributed by atoms with Gasteiger partial charge in [0.15, 0.2) is 0 Å². The standard InChI is InChI=1S/C31H43N3O5/c1-6-7-11-19-32-28(36)26(24-16-12-13-21(2)27(24)35)34(23-17-18-23)29(37)25(20-22-14-9-8-10-15-22)33-30(38)39-31(3,4)5/h8-10,12-16,23,25-26,35H,6-7,11,17-20H2,1-5H3,(H,32,36)(H,33,38). The van der Waals surface area contributed by atoms with Crippen LogP contribution in [0.5, 0.6) is 5.75 Å². The average molecular weight is 538 g/mol. The molecule has 0 aromatic heterocycles. The molecule has 0 spiro atoms. The summed E-state index contributed by atoms with van der Waals surface area (Å²) in [6.07, 6.45) is 3.82. The largest absolute Gasteiger partial charge is 0.507 e. The van der Waals surface area contributed by atoms with E-state index in [2.05, 4.69) is 17.6 Å². The van der Waals surface area contributed by atoms with Gasteiger partial charge in [0, 0.05) is 24.6 Å². The Morgan fingerprint density at radius 3 is 2.36 bits per heavy atom. The molecule has 1 fully saturated rings. The molecule has 212 valence electrons. The number of phenolic OH excluding ortho intramolecular Hbond substituents is 1. The Kier molecular flexibility index (Phi) is 10.4. The van der Waals surface area contributed by atoms with Crippen molar-refractivity contribution in [2.75, 3.05) is 6.54 Å². The third-order valence-corrected chi connectivity index (χ3v) is 6.64. The van der Waals surface area contributed by atoms with E-state index in [0.717, 1.165) is 37.7 Å². The number of alkyl carbamates (subject to hydrolysis) is 1. The van der Waals surface area contributed by atoms with Crippen LogP contribution in [0.4, 0.5) is 4.79 Å². The number of nitrogens with zero attached hydrogens (tertiary/aromatic N) is 1. The van der Waals surface area contributed by atoms with E-state index in [9.17, 15) is 19.5 Å². The Labute approximate surface area is 232 Å². The van der Waals surface area contributed by atoms with Gasteiger partial charge in [-0.2, -0.15) is 0 Å². The number of nitrogens with one attached hydrogen (secondary N) is 2. The van der Waals surface area contributed by atoms with Gasteiger partial charge in [-0.15, -0.1) is 0 Å². The van der Waals surface area contributed by atoms with Gasteiger partial charge >= 0.3 is 6.09 Å². The van der Waals surface area contributed by atoms with Crippen LogP contribution in [0.3, 0.4) is 0 Å². The summed E-state index contributed by atoms with van der Waals surface area (Å²) in [5.41, 5.74) is 1.11. The Bertz CT molecular complexity index is 1120. The van der Waals surface area contributed by atoms with Gasteiger partial charge in [0.25, 0.3) is 0 Å². The molecule has 8 nitrogen and oxygen atoms in total. The van der Waals surface area contributed by atoms with E-state index in [0.29, 0.717) is 17.7 Å². The van der Waals surface area contributed by atoms with Crippen LogP contribution in [0, 0.1) is 6.92 Å². The smallest absolute Gasteiger partial charge is 0.408 e. The van der Waals surface area contributed by atoms with Crippen molar-refractivity contribution >= 4 is 17.9 Å². The molecule has 3 amide bonds. The molecule has 0 saturated heterocycles. The summed E-state index contributed by atoms with van der Waals surface area (Å²) in [5.74, 6) is -0.742. The van der Waals surface area contributed by atoms with Gasteiger partial charge in [-0.3, -0.25) is 9.59 Å². The van der Waals surface area contributed by atoms with Gasteiger partial charge < -0.3 is 25.4 Å². The topological polar surface area (TPSA) is 108 Å². The number of phenols is 1. The number of hydrogen-bond acceptors (Lipinski definition) is 5. The quantitative estimate of drug-likeness (QED) is 0.324. The first-order valence-corrected chi connectivity index (χ1v) is 13.9. The minimum absolute atomic E-state index is 0.00984.